The van der Waals surface area contributed by atoms with Gasteiger partial charge in [-0.25, -0.2) is 4.79 Å². The molecule has 1 aliphatic rings. The molecule has 3 aromatic rings. The van der Waals surface area contributed by atoms with Crippen LogP contribution >= 0.6 is 0 Å². The summed E-state index contributed by atoms with van der Waals surface area (Å²) in [7, 11) is 1.27. The van der Waals surface area contributed by atoms with Gasteiger partial charge in [-0.2, -0.15) is 0 Å². The van der Waals surface area contributed by atoms with Crippen LogP contribution in [0.5, 0.6) is 0 Å². The van der Waals surface area contributed by atoms with Crippen LogP contribution in [0, 0.1) is 0 Å². The summed E-state index contributed by atoms with van der Waals surface area (Å²) in [5, 5.41) is 10.4. The molecule has 2 aromatic carbocycles. The van der Waals surface area contributed by atoms with Crippen LogP contribution in [0.4, 0.5) is 0 Å². The first-order valence-corrected chi connectivity index (χ1v) is 13.7. The maximum atomic E-state index is 13.5. The normalized spacial score (nSPS) is 20.6. The molecule has 1 unspecified atom stereocenters. The number of nitrogens with one attached hydrogen (secondary N) is 4. The van der Waals surface area contributed by atoms with E-state index in [0.717, 1.165) is 39.4 Å². The van der Waals surface area contributed by atoms with E-state index in [-0.39, 0.29) is 31.2 Å². The Hall–Kier alpha value is -3.89. The van der Waals surface area contributed by atoms with Crippen LogP contribution in [0.25, 0.3) is 21.8 Å². The summed E-state index contributed by atoms with van der Waals surface area (Å²) < 4.78 is 4.93. The molecule has 0 radical (unpaired) electrons. The van der Waals surface area contributed by atoms with Crippen LogP contribution in [0.15, 0.2) is 48.6 Å². The molecule has 2 heterocycles. The number of unbranched alkanes of at least 4 members (excludes halogenated alkanes) is 1. The molecule has 4 rings (SSSR count). The Morgan fingerprint density at radius 3 is 2.32 bits per heavy atom. The molecule has 41 heavy (non-hydrogen) atoms. The molecule has 220 valence electrons. The van der Waals surface area contributed by atoms with Crippen molar-refractivity contribution in [2.75, 3.05) is 13.7 Å². The number of carbonyl (C=O) groups is 4. The fourth-order valence-electron chi connectivity index (χ4n) is 5.08. The third kappa shape index (κ3) is 8.08. The SMILES string of the molecule is COC(=O)[C@@H]1C/C=C/Cc2ccc3[nH]c4ccc(cc4c3c2)CC(NC(C)=O)C(=O)N[C@@H](CCCC[NH3+])C(=O)N1.[Cl-]. The second-order valence-corrected chi connectivity index (χ2v) is 10.2. The van der Waals surface area contributed by atoms with Gasteiger partial charge in [0.2, 0.25) is 17.7 Å². The highest BCUT2D eigenvalue weighted by Gasteiger charge is 2.29. The zero-order chi connectivity index (χ0) is 28.6. The van der Waals surface area contributed by atoms with Crippen LogP contribution in [0.1, 0.15) is 43.7 Å². The number of hydrogen-bond acceptors (Lipinski definition) is 5. The van der Waals surface area contributed by atoms with Crippen molar-refractivity contribution in [3.8, 4) is 0 Å². The van der Waals surface area contributed by atoms with Gasteiger partial charge in [-0.1, -0.05) is 24.3 Å². The molecule has 1 aliphatic heterocycles. The standard InChI is InChI=1S/C30H37N5O5.ClH/c1-18(36)32-27-17-20-11-13-24-22(16-20)21-15-19(10-12-23(21)33-24)7-3-4-9-26(30(39)40-2)35-28(37)25(34-29(27)38)8-5-6-14-31;/h3-4,10-13,15-16,25-27,33H,5-9,14,17,31H2,1-2H3,(H,32,36)(H,34,38)(H,35,37);1H/b4-3+;/t25-,26-,27?;/m0./s1. The second kappa shape index (κ2) is 14.7. The van der Waals surface area contributed by atoms with E-state index >= 15 is 0 Å². The lowest BCUT2D eigenvalue weighted by Gasteiger charge is -2.24. The maximum absolute atomic E-state index is 13.5. The fraction of sp³-hybridized carbons (Fsp3) is 0.400. The summed E-state index contributed by atoms with van der Waals surface area (Å²) in [6.07, 6.45) is 6.77. The Morgan fingerprint density at radius 2 is 1.66 bits per heavy atom. The maximum Gasteiger partial charge on any atom is 0.328 e. The van der Waals surface area contributed by atoms with Gasteiger partial charge < -0.3 is 43.8 Å². The number of carbonyl (C=O) groups excluding carboxylic acids is 4. The number of aromatic amines is 1. The minimum atomic E-state index is -0.905. The number of fused-ring (bicyclic) bond motifs is 2. The predicted octanol–water partition coefficient (Wildman–Crippen LogP) is -1.57. The van der Waals surface area contributed by atoms with Crippen molar-refractivity contribution in [2.24, 2.45) is 0 Å². The van der Waals surface area contributed by atoms with Crippen molar-refractivity contribution in [1.29, 1.82) is 0 Å². The van der Waals surface area contributed by atoms with Gasteiger partial charge in [-0.15, -0.1) is 0 Å². The Balaban J connectivity index is 0.00000462. The minimum Gasteiger partial charge on any atom is -1.00 e. The van der Waals surface area contributed by atoms with Crippen molar-refractivity contribution < 1.29 is 42.1 Å². The van der Waals surface area contributed by atoms with Gasteiger partial charge in [0, 0.05) is 35.2 Å². The number of quaternary nitrogens is 1. The highest BCUT2D eigenvalue weighted by molar-refractivity contribution is 6.07. The highest BCUT2D eigenvalue weighted by atomic mass is 35.5. The summed E-state index contributed by atoms with van der Waals surface area (Å²) in [5.41, 5.74) is 7.80. The molecule has 3 amide bonds. The first kappa shape index (κ1) is 31.6. The molecule has 4 bridgehead atoms. The fourth-order valence-corrected chi connectivity index (χ4v) is 5.08. The number of benzene rings is 2. The first-order valence-electron chi connectivity index (χ1n) is 13.7. The summed E-state index contributed by atoms with van der Waals surface area (Å²) in [4.78, 5) is 54.8. The number of esters is 1. The van der Waals surface area contributed by atoms with Gasteiger partial charge in [0.1, 0.15) is 18.1 Å². The Morgan fingerprint density at radius 1 is 0.976 bits per heavy atom. The number of aromatic nitrogens is 1. The molecule has 0 saturated carbocycles. The van der Waals surface area contributed by atoms with Crippen LogP contribution in [0.3, 0.4) is 0 Å². The molecule has 0 fully saturated rings. The molecule has 3 atom stereocenters. The van der Waals surface area contributed by atoms with Gasteiger partial charge in [-0.05, 0) is 67.5 Å². The zero-order valence-corrected chi connectivity index (χ0v) is 24.2. The summed E-state index contributed by atoms with van der Waals surface area (Å²) >= 11 is 0. The van der Waals surface area contributed by atoms with E-state index < -0.39 is 35.9 Å². The molecule has 10 nitrogen and oxygen atoms in total. The predicted molar refractivity (Wildman–Crippen MR) is 152 cm³/mol. The second-order valence-electron chi connectivity index (χ2n) is 10.2. The number of hydrogen-bond donors (Lipinski definition) is 5. The largest absolute Gasteiger partial charge is 1.00 e. The van der Waals surface area contributed by atoms with Crippen LogP contribution in [0.2, 0.25) is 0 Å². The molecule has 11 heteroatoms. The van der Waals surface area contributed by atoms with Gasteiger partial charge in [0.05, 0.1) is 13.7 Å². The van der Waals surface area contributed by atoms with Gasteiger partial charge in [0.25, 0.3) is 0 Å². The van der Waals surface area contributed by atoms with E-state index in [2.05, 4.69) is 38.8 Å². The van der Waals surface area contributed by atoms with E-state index in [1.807, 2.05) is 36.4 Å². The zero-order valence-electron chi connectivity index (χ0n) is 23.4. The summed E-state index contributed by atoms with van der Waals surface area (Å²) in [6.45, 7) is 2.05. The number of allylic oxidation sites excluding steroid dienone is 1. The van der Waals surface area contributed by atoms with Gasteiger partial charge in [0.15, 0.2) is 0 Å². The Labute approximate surface area is 245 Å². The van der Waals surface area contributed by atoms with Gasteiger partial charge in [-0.3, -0.25) is 14.4 Å². The van der Waals surface area contributed by atoms with Crippen LogP contribution < -0.4 is 34.1 Å². The Kier molecular flexibility index (Phi) is 11.3. The summed E-state index contributed by atoms with van der Waals surface area (Å²) in [6, 6.07) is 9.48. The van der Waals surface area contributed by atoms with Crippen LogP contribution in [-0.4, -0.2) is 60.5 Å². The molecule has 0 saturated heterocycles. The highest BCUT2D eigenvalue weighted by Crippen LogP contribution is 2.28. The number of H-pyrrole nitrogens is 1. The monoisotopic (exact) mass is 583 g/mol. The number of rotatable bonds is 6. The molecule has 0 aliphatic carbocycles. The minimum absolute atomic E-state index is 0. The van der Waals surface area contributed by atoms with E-state index in [4.69, 9.17) is 4.74 Å². The van der Waals surface area contributed by atoms with Crippen molar-refractivity contribution >= 4 is 45.5 Å². The number of amides is 3. The first-order chi connectivity index (χ1) is 19.3. The van der Waals surface area contributed by atoms with Crippen molar-refractivity contribution in [3.63, 3.8) is 0 Å². The lowest BCUT2D eigenvalue weighted by atomic mass is 10.00. The average Bonchev–Trinajstić information content (AvgIpc) is 3.29. The lowest BCUT2D eigenvalue weighted by molar-refractivity contribution is -0.368. The average molecular weight is 584 g/mol. The number of ether oxygens (including phenoxy) is 1. The molecular weight excluding hydrogens is 546 g/mol. The number of halogens is 1. The number of methoxy groups -OCH3 is 1. The summed E-state index contributed by atoms with van der Waals surface area (Å²) in [5.74, 6) is -1.87. The Bertz CT molecular complexity index is 1440. The van der Waals surface area contributed by atoms with E-state index in [1.165, 1.54) is 14.0 Å². The molecule has 0 spiro atoms. The van der Waals surface area contributed by atoms with E-state index in [0.29, 0.717) is 25.8 Å². The van der Waals surface area contributed by atoms with Gasteiger partial charge >= 0.3 is 5.97 Å². The smallest absolute Gasteiger partial charge is 0.328 e. The van der Waals surface area contributed by atoms with E-state index in [9.17, 15) is 19.2 Å². The van der Waals surface area contributed by atoms with Crippen molar-refractivity contribution in [2.45, 2.75) is 63.6 Å². The van der Waals surface area contributed by atoms with Crippen LogP contribution in [-0.2, 0) is 36.8 Å². The quantitative estimate of drug-likeness (QED) is 0.135. The van der Waals surface area contributed by atoms with Crippen molar-refractivity contribution in [1.82, 2.24) is 20.9 Å². The van der Waals surface area contributed by atoms with E-state index in [1.54, 1.807) is 0 Å². The molecular formula is C30H38ClN5O5. The third-order valence-electron chi connectivity index (χ3n) is 7.18. The third-order valence-corrected chi connectivity index (χ3v) is 7.18. The topological polar surface area (TPSA) is 157 Å². The molecule has 7 N–H and O–H groups in total. The lowest BCUT2D eigenvalue weighted by Crippen LogP contribution is -3.00. The van der Waals surface area contributed by atoms with Crippen molar-refractivity contribution in [3.05, 3.63) is 59.7 Å². The molecule has 1 aromatic heterocycles.